The Morgan fingerprint density at radius 2 is 1.63 bits per heavy atom. The molecule has 4 heteroatoms. The number of hydrogen-bond donors (Lipinski definition) is 1. The molecule has 0 saturated heterocycles. The van der Waals surface area contributed by atoms with Crippen molar-refractivity contribution in [2.45, 2.75) is 51.5 Å². The van der Waals surface area contributed by atoms with Crippen molar-refractivity contribution in [3.8, 4) is 0 Å². The molecular formula is C23H28N2O2. The zero-order chi connectivity index (χ0) is 19.1. The first-order valence-electron chi connectivity index (χ1n) is 9.82. The van der Waals surface area contributed by atoms with Crippen molar-refractivity contribution in [1.29, 1.82) is 0 Å². The van der Waals surface area contributed by atoms with E-state index in [-0.39, 0.29) is 11.8 Å². The molecule has 0 aromatic heterocycles. The van der Waals surface area contributed by atoms with Crippen molar-refractivity contribution in [2.75, 3.05) is 11.9 Å². The van der Waals surface area contributed by atoms with E-state index in [0.29, 0.717) is 12.5 Å². The van der Waals surface area contributed by atoms with Gasteiger partial charge in [0.05, 0.1) is 6.42 Å². The number of benzene rings is 2. The third-order valence-corrected chi connectivity index (χ3v) is 5.20. The molecule has 0 heterocycles. The number of anilines is 1. The van der Waals surface area contributed by atoms with Gasteiger partial charge in [0.15, 0.2) is 0 Å². The number of nitrogens with one attached hydrogen (secondary N) is 1. The lowest BCUT2D eigenvalue weighted by atomic mass is 10.1. The van der Waals surface area contributed by atoms with Crippen LogP contribution in [0.4, 0.5) is 5.69 Å². The molecule has 0 aliphatic heterocycles. The van der Waals surface area contributed by atoms with E-state index < -0.39 is 0 Å². The van der Waals surface area contributed by atoms with Crippen LogP contribution in [-0.2, 0) is 22.4 Å². The molecule has 1 fully saturated rings. The molecule has 2 amide bonds. The molecule has 27 heavy (non-hydrogen) atoms. The molecule has 0 atom stereocenters. The lowest BCUT2D eigenvalue weighted by Gasteiger charge is -2.29. The summed E-state index contributed by atoms with van der Waals surface area (Å²) in [6.45, 7) is 2.27. The Hall–Kier alpha value is -2.62. The SMILES string of the molecule is CC(=O)Nc1ccc(CC(=O)N(CCc2ccccc2)C2CCCC2)cc1. The summed E-state index contributed by atoms with van der Waals surface area (Å²) in [4.78, 5) is 26.3. The maximum absolute atomic E-state index is 13.0. The van der Waals surface area contributed by atoms with Gasteiger partial charge < -0.3 is 10.2 Å². The van der Waals surface area contributed by atoms with Crippen LogP contribution in [-0.4, -0.2) is 29.3 Å². The van der Waals surface area contributed by atoms with E-state index in [4.69, 9.17) is 0 Å². The highest BCUT2D eigenvalue weighted by atomic mass is 16.2. The second-order valence-corrected chi connectivity index (χ2v) is 7.32. The number of nitrogens with zero attached hydrogens (tertiary/aromatic N) is 1. The summed E-state index contributed by atoms with van der Waals surface area (Å²) in [5.74, 6) is 0.109. The lowest BCUT2D eigenvalue weighted by Crippen LogP contribution is -2.41. The van der Waals surface area contributed by atoms with Crippen LogP contribution in [0.2, 0.25) is 0 Å². The predicted octanol–water partition coefficient (Wildman–Crippen LogP) is 4.20. The number of rotatable bonds is 7. The van der Waals surface area contributed by atoms with Crippen LogP contribution < -0.4 is 5.32 Å². The van der Waals surface area contributed by atoms with Crippen LogP contribution >= 0.6 is 0 Å². The fourth-order valence-corrected chi connectivity index (χ4v) is 3.81. The van der Waals surface area contributed by atoms with Crippen LogP contribution in [0.15, 0.2) is 54.6 Å². The van der Waals surface area contributed by atoms with E-state index in [1.54, 1.807) is 0 Å². The molecule has 0 spiro atoms. The van der Waals surface area contributed by atoms with Crippen molar-refractivity contribution in [3.05, 3.63) is 65.7 Å². The molecule has 3 rings (SSSR count). The summed E-state index contributed by atoms with van der Waals surface area (Å²) < 4.78 is 0. The van der Waals surface area contributed by atoms with Crippen molar-refractivity contribution in [3.63, 3.8) is 0 Å². The Morgan fingerprint density at radius 1 is 0.963 bits per heavy atom. The minimum Gasteiger partial charge on any atom is -0.339 e. The summed E-state index contributed by atoms with van der Waals surface area (Å²) >= 11 is 0. The molecule has 142 valence electrons. The standard InChI is InChI=1S/C23H28N2O2/c1-18(26)24-21-13-11-20(12-14-21)17-23(27)25(22-9-5-6-10-22)16-15-19-7-3-2-4-8-19/h2-4,7-8,11-14,22H,5-6,9-10,15-17H2,1H3,(H,24,26). The molecule has 1 N–H and O–H groups in total. The average molecular weight is 364 g/mol. The first-order chi connectivity index (χ1) is 13.1. The number of carbonyl (C=O) groups is 2. The van der Waals surface area contributed by atoms with Gasteiger partial charge in [0.1, 0.15) is 0 Å². The maximum atomic E-state index is 13.0. The Balaban J connectivity index is 1.64. The molecule has 0 unspecified atom stereocenters. The molecule has 1 aliphatic rings. The van der Waals surface area contributed by atoms with Crippen molar-refractivity contribution < 1.29 is 9.59 Å². The van der Waals surface area contributed by atoms with E-state index in [1.807, 2.05) is 42.5 Å². The zero-order valence-corrected chi connectivity index (χ0v) is 16.0. The molecule has 0 radical (unpaired) electrons. The minimum absolute atomic E-state index is 0.0906. The smallest absolute Gasteiger partial charge is 0.227 e. The topological polar surface area (TPSA) is 49.4 Å². The summed E-state index contributed by atoms with van der Waals surface area (Å²) in [6.07, 6.45) is 5.95. The predicted molar refractivity (Wildman–Crippen MR) is 109 cm³/mol. The van der Waals surface area contributed by atoms with Crippen molar-refractivity contribution in [1.82, 2.24) is 4.90 Å². The van der Waals surface area contributed by atoms with E-state index in [0.717, 1.165) is 37.1 Å². The van der Waals surface area contributed by atoms with Crippen LogP contribution in [0.5, 0.6) is 0 Å². The Kier molecular flexibility index (Phi) is 6.64. The van der Waals surface area contributed by atoms with Gasteiger partial charge in [-0.05, 0) is 42.5 Å². The zero-order valence-electron chi connectivity index (χ0n) is 16.0. The van der Waals surface area contributed by atoms with Crippen LogP contribution in [0, 0.1) is 0 Å². The average Bonchev–Trinajstić information content (AvgIpc) is 3.18. The molecule has 2 aromatic carbocycles. The summed E-state index contributed by atoms with van der Waals surface area (Å²) in [6, 6.07) is 18.3. The van der Waals surface area contributed by atoms with Gasteiger partial charge >= 0.3 is 0 Å². The summed E-state index contributed by atoms with van der Waals surface area (Å²) in [5, 5.41) is 2.76. The second-order valence-electron chi connectivity index (χ2n) is 7.32. The van der Waals surface area contributed by atoms with E-state index >= 15 is 0 Å². The Labute approximate surface area is 161 Å². The highest BCUT2D eigenvalue weighted by Crippen LogP contribution is 2.24. The largest absolute Gasteiger partial charge is 0.339 e. The van der Waals surface area contributed by atoms with Crippen molar-refractivity contribution >= 4 is 17.5 Å². The molecule has 2 aromatic rings. The highest BCUT2D eigenvalue weighted by Gasteiger charge is 2.26. The van der Waals surface area contributed by atoms with E-state index in [2.05, 4.69) is 22.3 Å². The van der Waals surface area contributed by atoms with Crippen LogP contribution in [0.25, 0.3) is 0 Å². The van der Waals surface area contributed by atoms with E-state index in [1.165, 1.54) is 25.3 Å². The van der Waals surface area contributed by atoms with Gasteiger partial charge in [-0.1, -0.05) is 55.3 Å². The van der Waals surface area contributed by atoms with E-state index in [9.17, 15) is 9.59 Å². The van der Waals surface area contributed by atoms with Gasteiger partial charge in [0, 0.05) is 25.2 Å². The van der Waals surface area contributed by atoms with Crippen molar-refractivity contribution in [2.24, 2.45) is 0 Å². The first-order valence-corrected chi connectivity index (χ1v) is 9.82. The molecular weight excluding hydrogens is 336 g/mol. The monoisotopic (exact) mass is 364 g/mol. The highest BCUT2D eigenvalue weighted by molar-refractivity contribution is 5.88. The first kappa shape index (κ1) is 19.2. The molecule has 1 saturated carbocycles. The summed E-state index contributed by atoms with van der Waals surface area (Å²) in [5.41, 5.74) is 3.01. The van der Waals surface area contributed by atoms with Crippen LogP contribution in [0.1, 0.15) is 43.7 Å². The molecule has 0 bridgehead atoms. The summed E-state index contributed by atoms with van der Waals surface area (Å²) in [7, 11) is 0. The van der Waals surface area contributed by atoms with Crippen LogP contribution in [0.3, 0.4) is 0 Å². The quantitative estimate of drug-likeness (QED) is 0.800. The normalized spacial score (nSPS) is 14.1. The van der Waals surface area contributed by atoms with Gasteiger partial charge in [-0.3, -0.25) is 9.59 Å². The fourth-order valence-electron chi connectivity index (χ4n) is 3.81. The molecule has 1 aliphatic carbocycles. The lowest BCUT2D eigenvalue weighted by molar-refractivity contribution is -0.132. The second kappa shape index (κ2) is 9.36. The number of amides is 2. The maximum Gasteiger partial charge on any atom is 0.227 e. The van der Waals surface area contributed by atoms with Gasteiger partial charge in [0.25, 0.3) is 0 Å². The third-order valence-electron chi connectivity index (χ3n) is 5.20. The van der Waals surface area contributed by atoms with Gasteiger partial charge in [-0.15, -0.1) is 0 Å². The van der Waals surface area contributed by atoms with Gasteiger partial charge in [-0.25, -0.2) is 0 Å². The third kappa shape index (κ3) is 5.68. The Morgan fingerprint density at radius 3 is 2.26 bits per heavy atom. The number of hydrogen-bond acceptors (Lipinski definition) is 2. The molecule has 4 nitrogen and oxygen atoms in total. The van der Waals surface area contributed by atoms with Gasteiger partial charge in [0.2, 0.25) is 11.8 Å². The fraction of sp³-hybridized carbons (Fsp3) is 0.391. The minimum atomic E-state index is -0.0906. The van der Waals surface area contributed by atoms with Gasteiger partial charge in [-0.2, -0.15) is 0 Å². The number of carbonyl (C=O) groups excluding carboxylic acids is 2. The Bertz CT molecular complexity index is 750.